The summed E-state index contributed by atoms with van der Waals surface area (Å²) in [6.07, 6.45) is 1.64. The maximum absolute atomic E-state index is 13.4. The summed E-state index contributed by atoms with van der Waals surface area (Å²) in [5.41, 5.74) is 3.92. The highest BCUT2D eigenvalue weighted by Gasteiger charge is 2.22. The van der Waals surface area contributed by atoms with Crippen LogP contribution in [0.4, 0.5) is 0 Å². The first-order valence-electron chi connectivity index (χ1n) is 11.5. The SMILES string of the molecule is CCOC(=O)c1cc2c(=O)n3cccc(C)c3nc2n(C(C)C)c1=NC(=O)c1ccc(C)c(C)c1. The van der Waals surface area contributed by atoms with Gasteiger partial charge < -0.3 is 9.30 Å². The number of nitrogens with zero attached hydrogens (tertiary/aromatic N) is 4. The number of benzene rings is 1. The number of aromatic nitrogens is 3. The predicted octanol–water partition coefficient (Wildman–Crippen LogP) is 4.07. The van der Waals surface area contributed by atoms with Crippen LogP contribution in [-0.4, -0.2) is 32.4 Å². The molecule has 1 amide bonds. The van der Waals surface area contributed by atoms with E-state index in [1.54, 1.807) is 35.9 Å². The standard InChI is InChI=1S/C27H28N4O4/c1-7-35-27(34)21-14-20-23(28-22-17(5)9-8-12-30(22)26(20)33)31(15(2)3)24(21)29-25(32)19-11-10-16(4)18(6)13-19/h8-15H,7H2,1-6H3. The van der Waals surface area contributed by atoms with E-state index in [0.717, 1.165) is 16.7 Å². The largest absolute Gasteiger partial charge is 0.462 e. The van der Waals surface area contributed by atoms with E-state index in [1.807, 2.05) is 46.8 Å². The average Bonchev–Trinajstić information content (AvgIpc) is 2.81. The van der Waals surface area contributed by atoms with Gasteiger partial charge in [-0.25, -0.2) is 9.78 Å². The van der Waals surface area contributed by atoms with Crippen molar-refractivity contribution < 1.29 is 14.3 Å². The third-order valence-electron chi connectivity index (χ3n) is 6.02. The smallest absolute Gasteiger partial charge is 0.341 e. The molecule has 4 rings (SSSR count). The first-order chi connectivity index (χ1) is 16.6. The second-order valence-corrected chi connectivity index (χ2v) is 8.82. The van der Waals surface area contributed by atoms with Gasteiger partial charge in [0.25, 0.3) is 11.5 Å². The molecule has 180 valence electrons. The fraction of sp³-hybridized carbons (Fsp3) is 0.296. The average molecular weight is 473 g/mol. The topological polar surface area (TPSA) is 95.0 Å². The van der Waals surface area contributed by atoms with Gasteiger partial charge in [0.1, 0.15) is 16.9 Å². The normalized spacial score (nSPS) is 12.0. The molecule has 3 aromatic heterocycles. The lowest BCUT2D eigenvalue weighted by Gasteiger charge is -2.18. The van der Waals surface area contributed by atoms with Crippen LogP contribution in [0.3, 0.4) is 0 Å². The number of amides is 1. The molecule has 0 unspecified atom stereocenters. The molecule has 0 bridgehead atoms. The van der Waals surface area contributed by atoms with Crippen molar-refractivity contribution in [2.75, 3.05) is 6.61 Å². The third kappa shape index (κ3) is 4.27. The monoisotopic (exact) mass is 472 g/mol. The molecule has 8 nitrogen and oxygen atoms in total. The summed E-state index contributed by atoms with van der Waals surface area (Å²) in [7, 11) is 0. The van der Waals surface area contributed by atoms with E-state index in [4.69, 9.17) is 9.72 Å². The summed E-state index contributed by atoms with van der Waals surface area (Å²) >= 11 is 0. The Hall–Kier alpha value is -4.07. The van der Waals surface area contributed by atoms with Gasteiger partial charge in [-0.15, -0.1) is 0 Å². The van der Waals surface area contributed by atoms with Crippen LogP contribution >= 0.6 is 0 Å². The van der Waals surface area contributed by atoms with Crippen molar-refractivity contribution in [2.24, 2.45) is 4.99 Å². The number of carbonyl (C=O) groups excluding carboxylic acids is 2. The van der Waals surface area contributed by atoms with Crippen LogP contribution in [0.5, 0.6) is 0 Å². The van der Waals surface area contributed by atoms with E-state index in [1.165, 1.54) is 10.5 Å². The van der Waals surface area contributed by atoms with E-state index >= 15 is 0 Å². The maximum Gasteiger partial charge on any atom is 0.341 e. The number of esters is 1. The number of hydrogen-bond donors (Lipinski definition) is 0. The second kappa shape index (κ2) is 9.29. The van der Waals surface area contributed by atoms with Crippen molar-refractivity contribution in [1.82, 2.24) is 14.0 Å². The Bertz CT molecular complexity index is 1630. The van der Waals surface area contributed by atoms with Crippen molar-refractivity contribution in [1.29, 1.82) is 0 Å². The van der Waals surface area contributed by atoms with Gasteiger partial charge in [-0.1, -0.05) is 12.1 Å². The summed E-state index contributed by atoms with van der Waals surface area (Å²) in [4.78, 5) is 48.8. The van der Waals surface area contributed by atoms with E-state index in [0.29, 0.717) is 16.9 Å². The lowest BCUT2D eigenvalue weighted by molar-refractivity contribution is 0.0523. The summed E-state index contributed by atoms with van der Waals surface area (Å²) in [6.45, 7) is 11.4. The van der Waals surface area contributed by atoms with Gasteiger partial charge in [-0.3, -0.25) is 14.0 Å². The Balaban J connectivity index is 2.15. The van der Waals surface area contributed by atoms with Crippen LogP contribution in [-0.2, 0) is 4.74 Å². The molecule has 0 aliphatic rings. The van der Waals surface area contributed by atoms with E-state index in [9.17, 15) is 14.4 Å². The minimum atomic E-state index is -0.663. The molecule has 0 aliphatic carbocycles. The second-order valence-electron chi connectivity index (χ2n) is 8.82. The van der Waals surface area contributed by atoms with Gasteiger partial charge in [0.2, 0.25) is 0 Å². The number of pyridine rings is 2. The van der Waals surface area contributed by atoms with Crippen LogP contribution in [0, 0.1) is 20.8 Å². The molecule has 1 aromatic carbocycles. The highest BCUT2D eigenvalue weighted by Crippen LogP contribution is 2.17. The van der Waals surface area contributed by atoms with Crippen LogP contribution in [0.1, 0.15) is 64.2 Å². The lowest BCUT2D eigenvalue weighted by atomic mass is 10.1. The summed E-state index contributed by atoms with van der Waals surface area (Å²) < 4.78 is 8.38. The Kier molecular flexibility index (Phi) is 6.39. The van der Waals surface area contributed by atoms with Gasteiger partial charge in [0, 0.05) is 17.8 Å². The van der Waals surface area contributed by atoms with Gasteiger partial charge in [-0.05, 0) is 82.5 Å². The Morgan fingerprint density at radius 2 is 1.77 bits per heavy atom. The molecule has 0 saturated carbocycles. The zero-order valence-corrected chi connectivity index (χ0v) is 20.7. The molecule has 35 heavy (non-hydrogen) atoms. The quantitative estimate of drug-likeness (QED) is 0.330. The van der Waals surface area contributed by atoms with Crippen LogP contribution < -0.4 is 11.0 Å². The van der Waals surface area contributed by atoms with Crippen molar-refractivity contribution in [3.05, 3.63) is 86.3 Å². The van der Waals surface area contributed by atoms with Crippen molar-refractivity contribution in [2.45, 2.75) is 47.6 Å². The maximum atomic E-state index is 13.4. The van der Waals surface area contributed by atoms with Gasteiger partial charge in [0.15, 0.2) is 5.49 Å². The minimum absolute atomic E-state index is 0.0386. The molecule has 0 fully saturated rings. The Morgan fingerprint density at radius 1 is 1.03 bits per heavy atom. The van der Waals surface area contributed by atoms with Gasteiger partial charge >= 0.3 is 5.97 Å². The van der Waals surface area contributed by atoms with E-state index in [-0.39, 0.29) is 34.6 Å². The Labute approximate surface area is 202 Å². The van der Waals surface area contributed by atoms with E-state index in [2.05, 4.69) is 4.99 Å². The molecular weight excluding hydrogens is 444 g/mol. The highest BCUT2D eigenvalue weighted by molar-refractivity contribution is 5.97. The Morgan fingerprint density at radius 3 is 2.43 bits per heavy atom. The predicted molar refractivity (Wildman–Crippen MR) is 134 cm³/mol. The number of aryl methyl sites for hydroxylation is 3. The number of rotatable bonds is 4. The molecule has 3 heterocycles. The number of hydrogen-bond acceptors (Lipinski definition) is 5. The van der Waals surface area contributed by atoms with Crippen molar-refractivity contribution in [3.63, 3.8) is 0 Å². The summed E-state index contributed by atoms with van der Waals surface area (Å²) in [5.74, 6) is -1.16. The molecule has 4 aromatic rings. The zero-order chi connectivity index (χ0) is 25.4. The van der Waals surface area contributed by atoms with Crippen LogP contribution in [0.15, 0.2) is 52.4 Å². The summed E-state index contributed by atoms with van der Waals surface area (Å²) in [6, 6.07) is 10.1. The molecule has 0 atom stereocenters. The van der Waals surface area contributed by atoms with Gasteiger partial charge in [0.05, 0.1) is 12.0 Å². The number of ether oxygens (including phenoxy) is 1. The minimum Gasteiger partial charge on any atom is -0.462 e. The zero-order valence-electron chi connectivity index (χ0n) is 20.7. The van der Waals surface area contributed by atoms with E-state index < -0.39 is 11.9 Å². The highest BCUT2D eigenvalue weighted by atomic mass is 16.5. The molecule has 0 N–H and O–H groups in total. The lowest BCUT2D eigenvalue weighted by Crippen LogP contribution is -2.33. The fourth-order valence-electron chi connectivity index (χ4n) is 4.05. The molecule has 0 radical (unpaired) electrons. The van der Waals surface area contributed by atoms with Crippen molar-refractivity contribution in [3.8, 4) is 0 Å². The number of fused-ring (bicyclic) bond motifs is 2. The summed E-state index contributed by atoms with van der Waals surface area (Å²) in [5, 5.41) is 0.238. The molecule has 8 heteroatoms. The van der Waals surface area contributed by atoms with Crippen LogP contribution in [0.2, 0.25) is 0 Å². The fourth-order valence-corrected chi connectivity index (χ4v) is 4.05. The van der Waals surface area contributed by atoms with Gasteiger partial charge in [-0.2, -0.15) is 4.99 Å². The first-order valence-corrected chi connectivity index (χ1v) is 11.5. The third-order valence-corrected chi connectivity index (χ3v) is 6.02. The molecular formula is C27H28N4O4. The molecule has 0 aliphatic heterocycles. The molecule has 0 saturated heterocycles. The first kappa shape index (κ1) is 24.1. The van der Waals surface area contributed by atoms with Crippen LogP contribution in [0.25, 0.3) is 16.7 Å². The molecule has 0 spiro atoms. The number of carbonyl (C=O) groups is 2. The van der Waals surface area contributed by atoms with Crippen molar-refractivity contribution >= 4 is 28.6 Å².